The average Bonchev–Trinajstić information content (AvgIpc) is 3.39. The van der Waals surface area contributed by atoms with E-state index in [2.05, 4.69) is 9.97 Å². The molecule has 0 unspecified atom stereocenters. The van der Waals surface area contributed by atoms with Crippen molar-refractivity contribution < 1.29 is 12.8 Å². The molecule has 0 aliphatic heterocycles. The van der Waals surface area contributed by atoms with Crippen molar-refractivity contribution in [2.24, 2.45) is 0 Å². The molecule has 1 aromatic carbocycles. The van der Waals surface area contributed by atoms with Gasteiger partial charge in [-0.1, -0.05) is 6.92 Å². The van der Waals surface area contributed by atoms with Gasteiger partial charge in [0, 0.05) is 11.1 Å². The number of hydrogen-bond donors (Lipinski definition) is 0. The molecule has 25 heavy (non-hydrogen) atoms. The predicted octanol–water partition coefficient (Wildman–Crippen LogP) is 4.28. The van der Waals surface area contributed by atoms with Gasteiger partial charge in [-0.2, -0.15) is 0 Å². The van der Waals surface area contributed by atoms with E-state index in [1.807, 2.05) is 24.5 Å². The second kappa shape index (κ2) is 6.14. The highest BCUT2D eigenvalue weighted by atomic mass is 32.2. The molecule has 0 atom stereocenters. The zero-order valence-corrected chi connectivity index (χ0v) is 15.7. The Hall–Kier alpha value is -1.86. The SMILES string of the molecule is CCS(=O)(=O)c1cc(C2CC2)cnc1-c1nc2cc(SC)ccc2o1. The zero-order chi connectivity index (χ0) is 17.6. The summed E-state index contributed by atoms with van der Waals surface area (Å²) in [5, 5.41) is 0. The van der Waals surface area contributed by atoms with Crippen LogP contribution in [0.25, 0.3) is 22.7 Å². The number of sulfone groups is 1. The van der Waals surface area contributed by atoms with Crippen LogP contribution < -0.4 is 0 Å². The van der Waals surface area contributed by atoms with E-state index in [4.69, 9.17) is 4.42 Å². The molecule has 130 valence electrons. The number of pyridine rings is 1. The first-order valence-electron chi connectivity index (χ1n) is 8.19. The normalized spacial score (nSPS) is 15.0. The fourth-order valence-corrected chi connectivity index (χ4v) is 4.28. The third-order valence-corrected chi connectivity index (χ3v) is 6.90. The van der Waals surface area contributed by atoms with Gasteiger partial charge in [0.15, 0.2) is 15.4 Å². The highest BCUT2D eigenvalue weighted by Crippen LogP contribution is 2.41. The summed E-state index contributed by atoms with van der Waals surface area (Å²) in [6.45, 7) is 1.64. The number of oxazole rings is 1. The van der Waals surface area contributed by atoms with Gasteiger partial charge in [0.25, 0.3) is 0 Å². The van der Waals surface area contributed by atoms with Crippen LogP contribution in [0.4, 0.5) is 0 Å². The van der Waals surface area contributed by atoms with Crippen molar-refractivity contribution in [3.05, 3.63) is 36.0 Å². The van der Waals surface area contributed by atoms with Gasteiger partial charge in [-0.25, -0.2) is 18.4 Å². The summed E-state index contributed by atoms with van der Waals surface area (Å²) < 4.78 is 31.0. The van der Waals surface area contributed by atoms with Crippen molar-refractivity contribution in [2.75, 3.05) is 12.0 Å². The molecule has 0 saturated heterocycles. The monoisotopic (exact) mass is 374 g/mol. The fraction of sp³-hybridized carbons (Fsp3) is 0.333. The summed E-state index contributed by atoms with van der Waals surface area (Å²) in [6, 6.07) is 7.49. The lowest BCUT2D eigenvalue weighted by Gasteiger charge is -2.08. The molecule has 1 saturated carbocycles. The summed E-state index contributed by atoms with van der Waals surface area (Å²) in [6.07, 6.45) is 5.93. The summed E-state index contributed by atoms with van der Waals surface area (Å²) in [5.41, 5.74) is 2.61. The maximum atomic E-state index is 12.6. The zero-order valence-electron chi connectivity index (χ0n) is 14.0. The van der Waals surface area contributed by atoms with Crippen molar-refractivity contribution in [3.63, 3.8) is 0 Å². The molecule has 2 aromatic heterocycles. The van der Waals surface area contributed by atoms with Gasteiger partial charge in [-0.05, 0) is 54.8 Å². The summed E-state index contributed by atoms with van der Waals surface area (Å²) in [7, 11) is -3.42. The van der Waals surface area contributed by atoms with E-state index < -0.39 is 9.84 Å². The van der Waals surface area contributed by atoms with Gasteiger partial charge in [0.2, 0.25) is 5.89 Å². The first kappa shape index (κ1) is 16.6. The minimum absolute atomic E-state index is 0.0205. The molecular weight excluding hydrogens is 356 g/mol. The molecule has 7 heteroatoms. The minimum Gasteiger partial charge on any atom is -0.435 e. The highest BCUT2D eigenvalue weighted by molar-refractivity contribution is 7.98. The Kier molecular flexibility index (Phi) is 4.08. The van der Waals surface area contributed by atoms with Gasteiger partial charge in [-0.15, -0.1) is 11.8 Å². The lowest BCUT2D eigenvalue weighted by atomic mass is 10.2. The van der Waals surface area contributed by atoms with E-state index in [1.165, 1.54) is 0 Å². The Bertz CT molecular complexity index is 1050. The number of nitrogens with zero attached hydrogens (tertiary/aromatic N) is 2. The Morgan fingerprint density at radius 2 is 2.08 bits per heavy atom. The van der Waals surface area contributed by atoms with Crippen LogP contribution in [-0.2, 0) is 9.84 Å². The molecule has 4 rings (SSSR count). The smallest absolute Gasteiger partial charge is 0.247 e. The number of thioether (sulfide) groups is 1. The lowest BCUT2D eigenvalue weighted by molar-refractivity contribution is 0.592. The molecule has 0 radical (unpaired) electrons. The van der Waals surface area contributed by atoms with Crippen LogP contribution in [0.5, 0.6) is 0 Å². The van der Waals surface area contributed by atoms with Gasteiger partial charge >= 0.3 is 0 Å². The lowest BCUT2D eigenvalue weighted by Crippen LogP contribution is -2.08. The van der Waals surface area contributed by atoms with E-state index in [1.54, 1.807) is 30.9 Å². The van der Waals surface area contributed by atoms with Crippen LogP contribution in [0.1, 0.15) is 31.2 Å². The van der Waals surface area contributed by atoms with Crippen LogP contribution in [0.15, 0.2) is 44.7 Å². The highest BCUT2D eigenvalue weighted by Gasteiger charge is 2.29. The molecule has 5 nitrogen and oxygen atoms in total. The molecule has 0 bridgehead atoms. The Balaban J connectivity index is 1.89. The largest absolute Gasteiger partial charge is 0.435 e. The van der Waals surface area contributed by atoms with Crippen LogP contribution >= 0.6 is 11.8 Å². The molecule has 0 amide bonds. The molecule has 3 aromatic rings. The molecule has 1 fully saturated rings. The third-order valence-electron chi connectivity index (χ3n) is 4.44. The molecular formula is C18H18N2O3S2. The van der Waals surface area contributed by atoms with E-state index in [-0.39, 0.29) is 16.5 Å². The van der Waals surface area contributed by atoms with Gasteiger partial charge < -0.3 is 4.42 Å². The standard InChI is InChI=1S/C18H18N2O3S2/c1-3-25(21,22)16-8-12(11-4-5-11)10-19-17(16)18-20-14-9-13(24-2)6-7-15(14)23-18/h6-11H,3-5H2,1-2H3. The maximum Gasteiger partial charge on any atom is 0.247 e. The summed E-state index contributed by atoms with van der Waals surface area (Å²) in [4.78, 5) is 10.2. The summed E-state index contributed by atoms with van der Waals surface area (Å²) >= 11 is 1.62. The third kappa shape index (κ3) is 3.06. The Morgan fingerprint density at radius 1 is 1.28 bits per heavy atom. The topological polar surface area (TPSA) is 73.1 Å². The molecule has 1 aliphatic rings. The molecule has 0 spiro atoms. The number of hydrogen-bond acceptors (Lipinski definition) is 6. The Labute approximate surface area is 150 Å². The van der Waals surface area contributed by atoms with Crippen molar-refractivity contribution in [2.45, 2.75) is 35.5 Å². The van der Waals surface area contributed by atoms with E-state index in [0.717, 1.165) is 23.3 Å². The van der Waals surface area contributed by atoms with Gasteiger partial charge in [0.1, 0.15) is 11.2 Å². The first-order chi connectivity index (χ1) is 12.0. The average molecular weight is 374 g/mol. The van der Waals surface area contributed by atoms with Gasteiger partial charge in [0.05, 0.1) is 10.6 Å². The van der Waals surface area contributed by atoms with Crippen molar-refractivity contribution in [3.8, 4) is 11.6 Å². The summed E-state index contributed by atoms with van der Waals surface area (Å²) in [5.74, 6) is 0.704. The maximum absolute atomic E-state index is 12.6. The number of rotatable bonds is 5. The van der Waals surface area contributed by atoms with E-state index >= 15 is 0 Å². The van der Waals surface area contributed by atoms with Crippen LogP contribution in [0.3, 0.4) is 0 Å². The van der Waals surface area contributed by atoms with Gasteiger partial charge in [-0.3, -0.25) is 0 Å². The molecule has 2 heterocycles. The van der Waals surface area contributed by atoms with Crippen molar-refractivity contribution in [1.82, 2.24) is 9.97 Å². The molecule has 0 N–H and O–H groups in total. The predicted molar refractivity (Wildman–Crippen MR) is 98.7 cm³/mol. The van der Waals surface area contributed by atoms with Crippen molar-refractivity contribution >= 4 is 32.7 Å². The number of aromatic nitrogens is 2. The van der Waals surface area contributed by atoms with Crippen LogP contribution in [0.2, 0.25) is 0 Å². The Morgan fingerprint density at radius 3 is 2.76 bits per heavy atom. The minimum atomic E-state index is -3.42. The van der Waals surface area contributed by atoms with Crippen LogP contribution in [-0.4, -0.2) is 30.4 Å². The number of benzene rings is 1. The number of fused-ring (bicyclic) bond motifs is 1. The fourth-order valence-electron chi connectivity index (χ4n) is 2.79. The second-order valence-electron chi connectivity index (χ2n) is 6.15. The quantitative estimate of drug-likeness (QED) is 0.621. The molecule has 1 aliphatic carbocycles. The second-order valence-corrected chi connectivity index (χ2v) is 9.27. The first-order valence-corrected chi connectivity index (χ1v) is 11.1. The van der Waals surface area contributed by atoms with Crippen molar-refractivity contribution in [1.29, 1.82) is 0 Å². The van der Waals surface area contributed by atoms with Crippen LogP contribution in [0, 0.1) is 0 Å². The van der Waals surface area contributed by atoms with E-state index in [9.17, 15) is 8.42 Å². The van der Waals surface area contributed by atoms with E-state index in [0.29, 0.717) is 22.7 Å².